The lowest BCUT2D eigenvalue weighted by atomic mass is 10.3. The second-order valence-corrected chi connectivity index (χ2v) is 2.06. The zero-order chi connectivity index (χ0) is 8.81. The molecule has 0 spiro atoms. The normalized spacial score (nSPS) is 9.00. The maximum atomic E-state index is 8.47. The van der Waals surface area contributed by atoms with Gasteiger partial charge < -0.3 is 9.84 Å². The van der Waals surface area contributed by atoms with Crippen LogP contribution in [0.2, 0.25) is 0 Å². The molecule has 0 unspecified atom stereocenters. The number of nitrogens with zero attached hydrogens (tertiary/aromatic N) is 2. The summed E-state index contributed by atoms with van der Waals surface area (Å²) in [5.74, 6) is 0.551. The molecule has 4 nitrogen and oxygen atoms in total. The smallest absolute Gasteiger partial charge is 0.144 e. The lowest BCUT2D eigenvalue weighted by molar-refractivity contribution is 0.201. The van der Waals surface area contributed by atoms with Crippen LogP contribution in [0.5, 0.6) is 5.75 Å². The molecule has 1 N–H and O–H groups in total. The fourth-order valence-electron chi connectivity index (χ4n) is 0.726. The van der Waals surface area contributed by atoms with Crippen molar-refractivity contribution in [2.24, 2.45) is 0 Å². The number of nitriles is 1. The first-order valence-corrected chi connectivity index (χ1v) is 3.46. The van der Waals surface area contributed by atoms with E-state index in [2.05, 4.69) is 4.98 Å². The molecule has 0 fully saturated rings. The quantitative estimate of drug-likeness (QED) is 0.698. The van der Waals surface area contributed by atoms with Gasteiger partial charge in [-0.25, -0.2) is 4.98 Å². The summed E-state index contributed by atoms with van der Waals surface area (Å²) in [7, 11) is 0. The summed E-state index contributed by atoms with van der Waals surface area (Å²) < 4.78 is 5.06. The van der Waals surface area contributed by atoms with E-state index in [0.717, 1.165) is 0 Å². The van der Waals surface area contributed by atoms with E-state index in [0.29, 0.717) is 11.4 Å². The number of hydrogen-bond acceptors (Lipinski definition) is 4. The van der Waals surface area contributed by atoms with Gasteiger partial charge >= 0.3 is 0 Å². The first-order valence-electron chi connectivity index (χ1n) is 3.46. The fourth-order valence-corrected chi connectivity index (χ4v) is 0.726. The fraction of sp³-hybridized carbons (Fsp3) is 0.250. The Hall–Kier alpha value is -1.60. The van der Waals surface area contributed by atoms with Crippen LogP contribution in [-0.2, 0) is 0 Å². The van der Waals surface area contributed by atoms with E-state index in [-0.39, 0.29) is 13.2 Å². The molecule has 0 saturated heterocycles. The number of ether oxygens (including phenoxy) is 1. The van der Waals surface area contributed by atoms with Gasteiger partial charge in [-0.1, -0.05) is 0 Å². The number of aliphatic hydroxyl groups excluding tert-OH is 1. The molecule has 4 heteroatoms. The van der Waals surface area contributed by atoms with Crippen molar-refractivity contribution in [1.82, 2.24) is 4.98 Å². The van der Waals surface area contributed by atoms with E-state index < -0.39 is 0 Å². The third-order valence-corrected chi connectivity index (χ3v) is 1.21. The lowest BCUT2D eigenvalue weighted by Crippen LogP contribution is -2.01. The van der Waals surface area contributed by atoms with Crippen molar-refractivity contribution in [1.29, 1.82) is 5.26 Å². The predicted octanol–water partition coefficient (Wildman–Crippen LogP) is 0.324. The van der Waals surface area contributed by atoms with Gasteiger partial charge in [-0.2, -0.15) is 5.26 Å². The third kappa shape index (κ3) is 2.22. The van der Waals surface area contributed by atoms with Crippen LogP contribution in [0.1, 0.15) is 5.69 Å². The van der Waals surface area contributed by atoms with Gasteiger partial charge in [0.25, 0.3) is 0 Å². The van der Waals surface area contributed by atoms with Crippen LogP contribution in [0.3, 0.4) is 0 Å². The van der Waals surface area contributed by atoms with E-state index in [1.165, 1.54) is 12.3 Å². The molecule has 12 heavy (non-hydrogen) atoms. The molecule has 0 aliphatic carbocycles. The third-order valence-electron chi connectivity index (χ3n) is 1.21. The average molecular weight is 164 g/mol. The maximum absolute atomic E-state index is 8.47. The molecule has 0 aromatic carbocycles. The van der Waals surface area contributed by atoms with Gasteiger partial charge in [-0.15, -0.1) is 0 Å². The van der Waals surface area contributed by atoms with Gasteiger partial charge in [0.05, 0.1) is 6.61 Å². The molecular weight excluding hydrogens is 156 g/mol. The SMILES string of the molecule is N#Cc1cc(OCCO)ccn1. The second kappa shape index (κ2) is 4.31. The number of aromatic nitrogens is 1. The van der Waals surface area contributed by atoms with Crippen molar-refractivity contribution in [3.63, 3.8) is 0 Å². The van der Waals surface area contributed by atoms with Gasteiger partial charge in [0, 0.05) is 12.3 Å². The molecule has 0 amide bonds. The standard InChI is InChI=1S/C8H8N2O2/c9-6-7-5-8(1-2-10-7)12-4-3-11/h1-2,5,11H,3-4H2. The Bertz CT molecular complexity index is 293. The summed E-state index contributed by atoms with van der Waals surface area (Å²) in [6, 6.07) is 5.05. The van der Waals surface area contributed by atoms with Gasteiger partial charge in [0.2, 0.25) is 0 Å². The monoisotopic (exact) mass is 164 g/mol. The first kappa shape index (κ1) is 8.50. The van der Waals surface area contributed by atoms with Crippen molar-refractivity contribution < 1.29 is 9.84 Å². The minimum Gasteiger partial charge on any atom is -0.491 e. The molecule has 0 atom stereocenters. The van der Waals surface area contributed by atoms with Gasteiger partial charge in [0.15, 0.2) is 0 Å². The molecule has 1 aromatic heterocycles. The molecule has 1 rings (SSSR count). The molecular formula is C8H8N2O2. The Morgan fingerprint density at radius 1 is 1.67 bits per heavy atom. The van der Waals surface area contributed by atoms with Crippen LogP contribution in [0.25, 0.3) is 0 Å². The Morgan fingerprint density at radius 3 is 3.17 bits per heavy atom. The van der Waals surface area contributed by atoms with Crippen LogP contribution in [0, 0.1) is 11.3 Å². The highest BCUT2D eigenvalue weighted by Gasteiger charge is 1.95. The minimum absolute atomic E-state index is 0.0375. The van der Waals surface area contributed by atoms with E-state index in [4.69, 9.17) is 15.1 Å². The Labute approximate surface area is 70.0 Å². The van der Waals surface area contributed by atoms with Gasteiger partial charge in [-0.05, 0) is 6.07 Å². The summed E-state index contributed by atoms with van der Waals surface area (Å²) in [4.78, 5) is 3.76. The van der Waals surface area contributed by atoms with Crippen molar-refractivity contribution in [3.05, 3.63) is 24.0 Å². The first-order chi connectivity index (χ1) is 5.86. The molecule has 0 aliphatic heterocycles. The Balaban J connectivity index is 2.68. The molecule has 1 heterocycles. The van der Waals surface area contributed by atoms with Gasteiger partial charge in [0.1, 0.15) is 24.1 Å². The zero-order valence-electron chi connectivity index (χ0n) is 6.40. The Morgan fingerprint density at radius 2 is 2.50 bits per heavy atom. The molecule has 0 aliphatic rings. The minimum atomic E-state index is -0.0375. The summed E-state index contributed by atoms with van der Waals surface area (Å²) >= 11 is 0. The Kier molecular flexibility index (Phi) is 3.05. The van der Waals surface area contributed by atoms with Crippen molar-refractivity contribution in [2.75, 3.05) is 13.2 Å². The van der Waals surface area contributed by atoms with Gasteiger partial charge in [-0.3, -0.25) is 0 Å². The molecule has 0 saturated carbocycles. The zero-order valence-corrected chi connectivity index (χ0v) is 6.40. The second-order valence-electron chi connectivity index (χ2n) is 2.06. The number of hydrogen-bond donors (Lipinski definition) is 1. The molecule has 0 bridgehead atoms. The van der Waals surface area contributed by atoms with Crippen LogP contribution >= 0.6 is 0 Å². The van der Waals surface area contributed by atoms with Crippen LogP contribution in [0.4, 0.5) is 0 Å². The largest absolute Gasteiger partial charge is 0.491 e. The van der Waals surface area contributed by atoms with E-state index in [9.17, 15) is 0 Å². The number of aliphatic hydroxyl groups is 1. The van der Waals surface area contributed by atoms with E-state index in [1.54, 1.807) is 6.07 Å². The van der Waals surface area contributed by atoms with Crippen LogP contribution < -0.4 is 4.74 Å². The van der Waals surface area contributed by atoms with Crippen molar-refractivity contribution in [3.8, 4) is 11.8 Å². The molecule has 1 aromatic rings. The maximum Gasteiger partial charge on any atom is 0.144 e. The number of rotatable bonds is 3. The highest BCUT2D eigenvalue weighted by molar-refractivity contribution is 5.29. The van der Waals surface area contributed by atoms with E-state index in [1.807, 2.05) is 6.07 Å². The molecule has 0 radical (unpaired) electrons. The lowest BCUT2D eigenvalue weighted by Gasteiger charge is -2.02. The highest BCUT2D eigenvalue weighted by Crippen LogP contribution is 2.09. The van der Waals surface area contributed by atoms with Crippen molar-refractivity contribution in [2.45, 2.75) is 0 Å². The average Bonchev–Trinajstić information content (AvgIpc) is 2.15. The predicted molar refractivity (Wildman–Crippen MR) is 41.5 cm³/mol. The van der Waals surface area contributed by atoms with E-state index >= 15 is 0 Å². The summed E-state index contributed by atoms with van der Waals surface area (Å²) in [6.45, 7) is 0.194. The summed E-state index contributed by atoms with van der Waals surface area (Å²) in [6.07, 6.45) is 1.49. The topological polar surface area (TPSA) is 66.1 Å². The summed E-state index contributed by atoms with van der Waals surface area (Å²) in [5, 5.41) is 16.9. The summed E-state index contributed by atoms with van der Waals surface area (Å²) in [5.41, 5.74) is 0.311. The number of pyridine rings is 1. The van der Waals surface area contributed by atoms with Crippen LogP contribution in [0.15, 0.2) is 18.3 Å². The highest BCUT2D eigenvalue weighted by atomic mass is 16.5. The van der Waals surface area contributed by atoms with Crippen molar-refractivity contribution >= 4 is 0 Å². The molecule has 62 valence electrons. The van der Waals surface area contributed by atoms with Crippen LogP contribution in [-0.4, -0.2) is 23.3 Å².